The van der Waals surface area contributed by atoms with Gasteiger partial charge in [-0.05, 0) is 48.5 Å². The van der Waals surface area contributed by atoms with Crippen molar-refractivity contribution < 1.29 is 19.9 Å². The Morgan fingerprint density at radius 2 is 1.65 bits per heavy atom. The van der Waals surface area contributed by atoms with Gasteiger partial charge in [-0.25, -0.2) is 0 Å². The summed E-state index contributed by atoms with van der Waals surface area (Å²) >= 11 is 7.11. The first-order chi connectivity index (χ1) is 15.0. The van der Waals surface area contributed by atoms with Gasteiger partial charge in [0.2, 0.25) is 0 Å². The first-order valence-electron chi connectivity index (χ1n) is 9.78. The molecule has 0 saturated heterocycles. The van der Waals surface area contributed by atoms with Crippen LogP contribution in [0.5, 0.6) is 17.2 Å². The van der Waals surface area contributed by atoms with Crippen LogP contribution in [0.2, 0.25) is 0 Å². The Bertz CT molecular complexity index is 1130. The van der Waals surface area contributed by atoms with Crippen LogP contribution >= 0.6 is 31.9 Å². The van der Waals surface area contributed by atoms with E-state index in [1.54, 1.807) is 20.3 Å². The average molecular weight is 547 g/mol. The predicted octanol–water partition coefficient (Wildman–Crippen LogP) is 4.88. The molecule has 7 heteroatoms. The van der Waals surface area contributed by atoms with E-state index in [0.29, 0.717) is 0 Å². The molecular weight excluding hydrogens is 524 g/mol. The minimum atomic E-state index is -0.137. The lowest BCUT2D eigenvalue weighted by atomic mass is 9.97. The van der Waals surface area contributed by atoms with E-state index in [4.69, 9.17) is 9.47 Å². The van der Waals surface area contributed by atoms with Gasteiger partial charge in [-0.2, -0.15) is 0 Å². The zero-order chi connectivity index (χ0) is 22.0. The Morgan fingerprint density at radius 1 is 0.903 bits per heavy atom. The van der Waals surface area contributed by atoms with Gasteiger partial charge in [0, 0.05) is 26.3 Å². The van der Waals surface area contributed by atoms with Crippen LogP contribution in [-0.4, -0.2) is 19.3 Å². The summed E-state index contributed by atoms with van der Waals surface area (Å²) in [6.45, 7) is 0. The highest BCUT2D eigenvalue weighted by molar-refractivity contribution is 9.10. The number of nitrogens with two attached hydrogens (primary N) is 1. The summed E-state index contributed by atoms with van der Waals surface area (Å²) in [5.41, 5.74) is 3.80. The number of benzene rings is 3. The van der Waals surface area contributed by atoms with Crippen molar-refractivity contribution in [3.8, 4) is 17.2 Å². The van der Waals surface area contributed by atoms with E-state index < -0.39 is 0 Å². The van der Waals surface area contributed by atoms with Crippen molar-refractivity contribution in [2.75, 3.05) is 14.2 Å². The molecule has 160 valence electrons. The second-order valence-corrected chi connectivity index (χ2v) is 9.07. The lowest BCUT2D eigenvalue weighted by molar-refractivity contribution is -0.731. The number of halogens is 2. The molecule has 2 unspecified atom stereocenters. The molecule has 1 heterocycles. The van der Waals surface area contributed by atoms with Gasteiger partial charge >= 0.3 is 0 Å². The molecule has 4 N–H and O–H groups in total. The van der Waals surface area contributed by atoms with Crippen LogP contribution in [-0.2, 0) is 0 Å². The van der Waals surface area contributed by atoms with Crippen LogP contribution in [0.15, 0.2) is 75.7 Å². The lowest BCUT2D eigenvalue weighted by Crippen LogP contribution is -2.89. The van der Waals surface area contributed by atoms with Crippen molar-refractivity contribution >= 4 is 37.6 Å². The normalized spacial score (nSPS) is 18.1. The Morgan fingerprint density at radius 3 is 2.39 bits per heavy atom. The monoisotopic (exact) mass is 545 g/mol. The number of quaternary nitrogens is 1. The number of aromatic hydroxyl groups is 1. The van der Waals surface area contributed by atoms with E-state index in [1.165, 1.54) is 0 Å². The van der Waals surface area contributed by atoms with Crippen LogP contribution in [0.3, 0.4) is 0 Å². The average Bonchev–Trinajstić information content (AvgIpc) is 2.80. The highest BCUT2D eigenvalue weighted by Gasteiger charge is 2.31. The Kier molecular flexibility index (Phi) is 6.55. The first kappa shape index (κ1) is 21.7. The number of rotatable bonds is 5. The molecule has 31 heavy (non-hydrogen) atoms. The van der Waals surface area contributed by atoms with E-state index >= 15 is 0 Å². The second-order valence-electron chi connectivity index (χ2n) is 7.24. The molecule has 0 aromatic heterocycles. The Labute approximate surface area is 198 Å². The molecule has 0 amide bonds. The van der Waals surface area contributed by atoms with Crippen LogP contribution in [0.4, 0.5) is 0 Å². The number of hydrogen-bond acceptors (Lipinski definition) is 4. The number of methoxy groups -OCH3 is 2. The van der Waals surface area contributed by atoms with E-state index in [1.807, 2.05) is 48.5 Å². The van der Waals surface area contributed by atoms with Crippen LogP contribution in [0.1, 0.15) is 28.9 Å². The molecule has 5 nitrogen and oxygen atoms in total. The van der Waals surface area contributed by atoms with Crippen molar-refractivity contribution in [1.82, 2.24) is 5.32 Å². The molecule has 1 aliphatic heterocycles. The lowest BCUT2D eigenvalue weighted by Gasteiger charge is -2.31. The fourth-order valence-electron chi connectivity index (χ4n) is 3.79. The first-order valence-corrected chi connectivity index (χ1v) is 11.4. The zero-order valence-electron chi connectivity index (χ0n) is 17.1. The second kappa shape index (κ2) is 9.34. The van der Waals surface area contributed by atoms with E-state index in [9.17, 15) is 5.11 Å². The molecule has 0 spiro atoms. The Hall–Kier alpha value is -2.48. The van der Waals surface area contributed by atoms with Crippen molar-refractivity contribution in [2.45, 2.75) is 12.2 Å². The molecule has 0 saturated carbocycles. The molecule has 2 atom stereocenters. The number of phenolic OH excluding ortho intramolecular Hbond substituents is 1. The van der Waals surface area contributed by atoms with E-state index in [2.05, 4.69) is 54.6 Å². The number of ether oxygens (including phenoxy) is 2. The molecule has 4 rings (SSSR count). The minimum absolute atomic E-state index is 0.117. The third kappa shape index (κ3) is 4.74. The number of phenols is 1. The molecule has 0 aliphatic carbocycles. The summed E-state index contributed by atoms with van der Waals surface area (Å²) in [7, 11) is 3.33. The van der Waals surface area contributed by atoms with Gasteiger partial charge in [0.25, 0.3) is 0 Å². The zero-order valence-corrected chi connectivity index (χ0v) is 20.3. The fourth-order valence-corrected chi connectivity index (χ4v) is 4.55. The molecule has 3 aromatic carbocycles. The van der Waals surface area contributed by atoms with Gasteiger partial charge in [-0.3, -0.25) is 0 Å². The van der Waals surface area contributed by atoms with Crippen molar-refractivity contribution in [2.24, 2.45) is 0 Å². The van der Waals surface area contributed by atoms with Gasteiger partial charge in [-0.15, -0.1) is 0 Å². The largest absolute Gasteiger partial charge is 0.507 e. The van der Waals surface area contributed by atoms with Crippen molar-refractivity contribution in [3.63, 3.8) is 0 Å². The minimum Gasteiger partial charge on any atom is -0.507 e. The third-order valence-corrected chi connectivity index (χ3v) is 6.30. The summed E-state index contributed by atoms with van der Waals surface area (Å²) in [6, 6.07) is 19.3. The van der Waals surface area contributed by atoms with Gasteiger partial charge in [0.05, 0.1) is 25.3 Å². The van der Waals surface area contributed by atoms with Gasteiger partial charge in [0.15, 0.2) is 6.17 Å². The maximum Gasteiger partial charge on any atom is 0.190 e. The summed E-state index contributed by atoms with van der Waals surface area (Å²) in [4.78, 5) is 0. The van der Waals surface area contributed by atoms with Crippen LogP contribution in [0, 0.1) is 0 Å². The van der Waals surface area contributed by atoms with E-state index in [-0.39, 0.29) is 18.0 Å². The Balaban J connectivity index is 1.82. The van der Waals surface area contributed by atoms with Gasteiger partial charge in [-0.1, -0.05) is 44.0 Å². The molecule has 1 aliphatic rings. The van der Waals surface area contributed by atoms with Crippen LogP contribution < -0.4 is 20.1 Å². The molecular formula is C24H23Br2N2O3+. The SMILES string of the molecule is COc1cccc(C2=CC(c3cc(Br)ccc3O)[NH2+]C(c3cc(Br)ccc3OC)N2)c1. The summed E-state index contributed by atoms with van der Waals surface area (Å²) in [5, 5.41) is 16.4. The maximum absolute atomic E-state index is 10.6. The van der Waals surface area contributed by atoms with Crippen molar-refractivity contribution in [3.05, 3.63) is 92.4 Å². The summed E-state index contributed by atoms with van der Waals surface area (Å²) < 4.78 is 12.9. The fraction of sp³-hybridized carbons (Fsp3) is 0.167. The quantitative estimate of drug-likeness (QED) is 0.426. The standard InChI is InChI=1S/C24H22Br2N2O3/c1-30-17-5-3-4-14(10-17)20-13-21(18-11-15(25)6-8-22(18)29)28-24(27-20)19-12-16(26)7-9-23(19)31-2/h3-13,21,24,27-29H,1-2H3/p+1. The summed E-state index contributed by atoms with van der Waals surface area (Å²) in [5.74, 6) is 1.83. The predicted molar refractivity (Wildman–Crippen MR) is 128 cm³/mol. The topological polar surface area (TPSA) is 67.3 Å². The molecule has 3 aromatic rings. The van der Waals surface area contributed by atoms with Gasteiger partial charge < -0.3 is 25.2 Å². The highest BCUT2D eigenvalue weighted by Crippen LogP contribution is 2.34. The molecule has 0 radical (unpaired) electrons. The highest BCUT2D eigenvalue weighted by atomic mass is 79.9. The third-order valence-electron chi connectivity index (χ3n) is 5.31. The number of hydrogen-bond donors (Lipinski definition) is 3. The molecule has 0 fully saturated rings. The molecule has 0 bridgehead atoms. The number of nitrogens with one attached hydrogen (secondary N) is 1. The maximum atomic E-state index is 10.6. The summed E-state index contributed by atoms with van der Waals surface area (Å²) in [6.07, 6.45) is 1.99. The van der Waals surface area contributed by atoms with Crippen molar-refractivity contribution in [1.29, 1.82) is 0 Å². The smallest absolute Gasteiger partial charge is 0.190 e. The van der Waals surface area contributed by atoms with E-state index in [0.717, 1.165) is 42.8 Å². The van der Waals surface area contributed by atoms with Gasteiger partial charge in [0.1, 0.15) is 23.3 Å². The van der Waals surface area contributed by atoms with Crippen LogP contribution in [0.25, 0.3) is 5.70 Å².